The van der Waals surface area contributed by atoms with Gasteiger partial charge in [-0.1, -0.05) is 39.0 Å². The molecular weight excluding hydrogens is 284 g/mol. The molecular formula is C16H26O4Si. The number of aryl methyl sites for hydroxylation is 1. The van der Waals surface area contributed by atoms with Crippen LogP contribution in [0.25, 0.3) is 0 Å². The number of ether oxygens (including phenoxy) is 1. The van der Waals surface area contributed by atoms with Gasteiger partial charge in [0.2, 0.25) is 6.10 Å². The monoisotopic (exact) mass is 310 g/mol. The molecule has 0 heterocycles. The van der Waals surface area contributed by atoms with Crippen molar-refractivity contribution in [2.45, 2.75) is 52.3 Å². The Balaban J connectivity index is 3.06. The second-order valence-corrected chi connectivity index (χ2v) is 8.96. The average Bonchev–Trinajstić information content (AvgIpc) is 2.33. The summed E-state index contributed by atoms with van der Waals surface area (Å²) < 4.78 is 11.3. The Bertz CT molecular complexity index is 492. The Morgan fingerprint density at radius 3 is 2.43 bits per heavy atom. The summed E-state index contributed by atoms with van der Waals surface area (Å²) in [7, 11) is -1.28. The Labute approximate surface area is 128 Å². The third kappa shape index (κ3) is 5.17. The predicted octanol–water partition coefficient (Wildman–Crippen LogP) is 3.12. The van der Waals surface area contributed by atoms with E-state index in [0.29, 0.717) is 5.75 Å². The molecule has 0 bridgehead atoms. The molecule has 1 atom stereocenters. The van der Waals surface area contributed by atoms with E-state index in [0.717, 1.165) is 11.1 Å². The molecule has 1 aromatic carbocycles. The molecule has 5 heteroatoms. The molecule has 0 aliphatic rings. The van der Waals surface area contributed by atoms with Crippen molar-refractivity contribution < 1.29 is 19.1 Å². The molecule has 1 rings (SSSR count). The molecule has 0 saturated carbocycles. The number of aliphatic carboxylic acids is 1. The van der Waals surface area contributed by atoms with Crippen LogP contribution in [0.1, 0.15) is 31.9 Å². The van der Waals surface area contributed by atoms with Crippen molar-refractivity contribution in [1.29, 1.82) is 0 Å². The molecule has 0 saturated heterocycles. The van der Waals surface area contributed by atoms with Crippen LogP contribution in [0.4, 0.5) is 0 Å². The largest absolute Gasteiger partial charge is 0.478 e. The first-order valence-corrected chi connectivity index (χ1v) is 10.0. The molecule has 21 heavy (non-hydrogen) atoms. The summed E-state index contributed by atoms with van der Waals surface area (Å²) in [6.07, 6.45) is -0.970. The van der Waals surface area contributed by atoms with Gasteiger partial charge in [-0.2, -0.15) is 0 Å². The van der Waals surface area contributed by atoms with Gasteiger partial charge in [0.25, 0.3) is 0 Å². The lowest BCUT2D eigenvalue weighted by Gasteiger charge is -2.26. The highest BCUT2D eigenvalue weighted by Gasteiger charge is 2.26. The summed E-state index contributed by atoms with van der Waals surface area (Å²) in [6.45, 7) is 12.3. The van der Waals surface area contributed by atoms with Crippen LogP contribution in [-0.4, -0.2) is 32.8 Å². The van der Waals surface area contributed by atoms with Crippen LogP contribution >= 0.6 is 0 Å². The molecule has 0 aliphatic carbocycles. The lowest BCUT2D eigenvalue weighted by molar-refractivity contribution is -0.146. The van der Waals surface area contributed by atoms with E-state index in [2.05, 4.69) is 20.8 Å². The highest BCUT2D eigenvalue weighted by Crippen LogP contribution is 2.34. The molecule has 1 N–H and O–H groups in total. The number of carboxylic acids is 1. The van der Waals surface area contributed by atoms with Gasteiger partial charge < -0.3 is 14.3 Å². The Morgan fingerprint density at radius 1 is 1.33 bits per heavy atom. The summed E-state index contributed by atoms with van der Waals surface area (Å²) in [5.41, 5.74) is 1.84. The maximum Gasteiger partial charge on any atom is 0.347 e. The van der Waals surface area contributed by atoms with Gasteiger partial charge in [0.15, 0.2) is 9.04 Å². The zero-order valence-electron chi connectivity index (χ0n) is 13.8. The van der Waals surface area contributed by atoms with Crippen LogP contribution < -0.4 is 4.74 Å². The van der Waals surface area contributed by atoms with Gasteiger partial charge in [0, 0.05) is 0 Å². The molecule has 0 fully saturated rings. The lowest BCUT2D eigenvalue weighted by atomic mass is 9.85. The fourth-order valence-electron chi connectivity index (χ4n) is 1.98. The maximum atomic E-state index is 11.4. The van der Waals surface area contributed by atoms with E-state index in [1.54, 1.807) is 0 Å². The quantitative estimate of drug-likeness (QED) is 0.820. The van der Waals surface area contributed by atoms with Crippen molar-refractivity contribution in [3.8, 4) is 5.75 Å². The van der Waals surface area contributed by atoms with Crippen LogP contribution in [0.2, 0.25) is 13.1 Å². The van der Waals surface area contributed by atoms with Gasteiger partial charge in [-0.05, 0) is 36.6 Å². The Kier molecular flexibility index (Phi) is 5.98. The van der Waals surface area contributed by atoms with Crippen molar-refractivity contribution >= 4 is 15.0 Å². The molecule has 1 aromatic rings. The number of benzene rings is 1. The minimum Gasteiger partial charge on any atom is -0.478 e. The first kappa shape index (κ1) is 17.7. The minimum absolute atomic E-state index is 0.0944. The predicted molar refractivity (Wildman–Crippen MR) is 86.8 cm³/mol. The summed E-state index contributed by atoms with van der Waals surface area (Å²) in [5, 5.41) is 9.34. The second kappa shape index (κ2) is 7.09. The smallest absolute Gasteiger partial charge is 0.347 e. The number of rotatable bonds is 6. The lowest BCUT2D eigenvalue weighted by Crippen LogP contribution is -2.34. The number of carboxylic acid groups (broad SMARTS) is 1. The summed E-state index contributed by atoms with van der Waals surface area (Å²) in [4.78, 5) is 11.4. The van der Waals surface area contributed by atoms with E-state index in [-0.39, 0.29) is 12.0 Å². The number of hydrogen-bond donors (Lipinski definition) is 1. The molecule has 118 valence electrons. The van der Waals surface area contributed by atoms with Crippen LogP contribution in [0.3, 0.4) is 0 Å². The third-order valence-corrected chi connectivity index (χ3v) is 4.00. The van der Waals surface area contributed by atoms with Gasteiger partial charge in [0.1, 0.15) is 5.75 Å². The van der Waals surface area contributed by atoms with E-state index >= 15 is 0 Å². The third-order valence-electron chi connectivity index (χ3n) is 3.14. The Morgan fingerprint density at radius 2 is 1.95 bits per heavy atom. The van der Waals surface area contributed by atoms with Crippen LogP contribution in [0, 0.1) is 6.92 Å². The fraction of sp³-hybridized carbons (Fsp3) is 0.562. The van der Waals surface area contributed by atoms with Crippen molar-refractivity contribution in [2.24, 2.45) is 0 Å². The first-order chi connectivity index (χ1) is 9.62. The zero-order valence-corrected chi connectivity index (χ0v) is 14.9. The standard InChI is InChI=1S/C16H26O4Si/c1-11-8-7-9-12(16(2,3)4)14(11)20-13(15(17)18)10-19-21(5)6/h7-9,13,21H,10H2,1-6H3,(H,17,18). The highest BCUT2D eigenvalue weighted by molar-refractivity contribution is 6.48. The van der Waals surface area contributed by atoms with Crippen LogP contribution in [-0.2, 0) is 14.6 Å². The molecule has 0 radical (unpaired) electrons. The normalized spacial score (nSPS) is 13.3. The minimum atomic E-state index is -1.28. The SMILES string of the molecule is Cc1cccc(C(C)(C)C)c1OC(CO[SiH](C)C)C(=O)O. The van der Waals surface area contributed by atoms with Gasteiger partial charge in [0.05, 0.1) is 6.61 Å². The van der Waals surface area contributed by atoms with E-state index in [4.69, 9.17) is 9.16 Å². The van der Waals surface area contributed by atoms with E-state index in [9.17, 15) is 9.90 Å². The van der Waals surface area contributed by atoms with Gasteiger partial charge in [-0.25, -0.2) is 4.79 Å². The van der Waals surface area contributed by atoms with Crippen LogP contribution in [0.5, 0.6) is 5.75 Å². The zero-order chi connectivity index (χ0) is 16.2. The highest BCUT2D eigenvalue weighted by atomic mass is 28.3. The number of para-hydroxylation sites is 1. The van der Waals surface area contributed by atoms with E-state index < -0.39 is 21.1 Å². The van der Waals surface area contributed by atoms with E-state index in [1.807, 2.05) is 38.2 Å². The molecule has 4 nitrogen and oxygen atoms in total. The van der Waals surface area contributed by atoms with Crippen molar-refractivity contribution in [2.75, 3.05) is 6.61 Å². The van der Waals surface area contributed by atoms with Crippen LogP contribution in [0.15, 0.2) is 18.2 Å². The van der Waals surface area contributed by atoms with Gasteiger partial charge >= 0.3 is 5.97 Å². The molecule has 1 unspecified atom stereocenters. The van der Waals surface area contributed by atoms with Gasteiger partial charge in [-0.3, -0.25) is 0 Å². The van der Waals surface area contributed by atoms with Crippen molar-refractivity contribution in [1.82, 2.24) is 0 Å². The summed E-state index contributed by atoms with van der Waals surface area (Å²) >= 11 is 0. The average molecular weight is 310 g/mol. The van der Waals surface area contributed by atoms with Crippen molar-refractivity contribution in [3.05, 3.63) is 29.3 Å². The Hall–Kier alpha value is -1.33. The number of hydrogen-bond acceptors (Lipinski definition) is 3. The molecule has 0 aromatic heterocycles. The molecule has 0 aliphatic heterocycles. The van der Waals surface area contributed by atoms with E-state index in [1.165, 1.54) is 0 Å². The molecule has 0 spiro atoms. The maximum absolute atomic E-state index is 11.4. The second-order valence-electron chi connectivity index (χ2n) is 6.53. The summed E-state index contributed by atoms with van der Waals surface area (Å²) in [6, 6.07) is 5.89. The summed E-state index contributed by atoms with van der Waals surface area (Å²) in [5.74, 6) is -0.334. The first-order valence-electron chi connectivity index (χ1n) is 7.24. The van der Waals surface area contributed by atoms with Gasteiger partial charge in [-0.15, -0.1) is 0 Å². The molecule has 0 amide bonds. The number of carbonyl (C=O) groups is 1. The van der Waals surface area contributed by atoms with Crippen molar-refractivity contribution in [3.63, 3.8) is 0 Å². The fourth-order valence-corrected chi connectivity index (χ4v) is 2.54. The topological polar surface area (TPSA) is 55.8 Å².